The average molecular weight is 676 g/mol. The number of aliphatic hydroxyl groups is 1. The van der Waals surface area contributed by atoms with E-state index in [1.54, 1.807) is 24.3 Å². The number of benzene rings is 3. The maximum absolute atomic E-state index is 13.7. The van der Waals surface area contributed by atoms with Crippen molar-refractivity contribution in [1.82, 2.24) is 5.32 Å². The standard InChI is InChI=1S/C32H32F3N3O8S/c1-47(44,45)28-17-24(13-16-27(28)46-32(33,34)35)37-31(43)38(25-14-11-22(12-15-25)21-5-3-2-4-6-21)19-20-7-9-23(10-8-20)29(40)36-18-26(39)30(41)42/h5,7-17,26,39H,2-4,6,18-19H2,1H3,(H,36,40)(H,37,43)(H,41,42)/t26-/m1/s1. The summed E-state index contributed by atoms with van der Waals surface area (Å²) in [5.74, 6) is -3.05. The molecule has 3 aromatic rings. The topological polar surface area (TPSA) is 162 Å². The predicted molar refractivity (Wildman–Crippen MR) is 167 cm³/mol. The van der Waals surface area contributed by atoms with Crippen LogP contribution in [0.25, 0.3) is 5.57 Å². The van der Waals surface area contributed by atoms with Gasteiger partial charge >= 0.3 is 18.4 Å². The summed E-state index contributed by atoms with van der Waals surface area (Å²) in [6.45, 7) is -0.539. The number of anilines is 2. The highest BCUT2D eigenvalue weighted by Crippen LogP contribution is 2.33. The summed E-state index contributed by atoms with van der Waals surface area (Å²) in [7, 11) is -4.20. The van der Waals surface area contributed by atoms with E-state index < -0.39 is 57.4 Å². The average Bonchev–Trinajstić information content (AvgIpc) is 3.02. The van der Waals surface area contributed by atoms with Crippen molar-refractivity contribution < 1.29 is 50.9 Å². The number of ether oxygens (including phenoxy) is 1. The Morgan fingerprint density at radius 3 is 2.26 bits per heavy atom. The summed E-state index contributed by atoms with van der Waals surface area (Å²) >= 11 is 0. The number of alkyl halides is 3. The third kappa shape index (κ3) is 9.80. The summed E-state index contributed by atoms with van der Waals surface area (Å²) < 4.78 is 67.1. The zero-order valence-electron chi connectivity index (χ0n) is 25.1. The van der Waals surface area contributed by atoms with Gasteiger partial charge in [-0.2, -0.15) is 0 Å². The number of halogens is 3. The number of hydrogen-bond donors (Lipinski definition) is 4. The molecule has 0 saturated heterocycles. The van der Waals surface area contributed by atoms with Crippen molar-refractivity contribution >= 4 is 44.7 Å². The summed E-state index contributed by atoms with van der Waals surface area (Å²) in [5.41, 5.74) is 3.27. The molecule has 1 aliphatic carbocycles. The number of amides is 3. The van der Waals surface area contributed by atoms with Gasteiger partial charge in [0.2, 0.25) is 0 Å². The molecular weight excluding hydrogens is 643 g/mol. The lowest BCUT2D eigenvalue weighted by Crippen LogP contribution is -2.36. The van der Waals surface area contributed by atoms with Crippen molar-refractivity contribution in [3.05, 3.63) is 89.5 Å². The number of sulfone groups is 1. The third-order valence-corrected chi connectivity index (χ3v) is 8.32. The molecule has 3 amide bonds. The fourth-order valence-electron chi connectivity index (χ4n) is 4.83. The molecule has 0 bridgehead atoms. The number of nitrogens with zero attached hydrogens (tertiary/aromatic N) is 1. The second-order valence-corrected chi connectivity index (χ2v) is 12.8. The van der Waals surface area contributed by atoms with Crippen LogP contribution in [0.1, 0.15) is 47.2 Å². The fourth-order valence-corrected chi connectivity index (χ4v) is 5.65. The van der Waals surface area contributed by atoms with Crippen LogP contribution in [0.15, 0.2) is 77.7 Å². The van der Waals surface area contributed by atoms with Crippen LogP contribution in [-0.2, 0) is 21.2 Å². The SMILES string of the molecule is CS(=O)(=O)c1cc(NC(=O)N(Cc2ccc(C(=O)NC[C@@H](O)C(=O)O)cc2)c2ccc(C3=CCCCC3)cc2)ccc1OC(F)(F)F. The van der Waals surface area contributed by atoms with E-state index in [0.29, 0.717) is 17.5 Å². The van der Waals surface area contributed by atoms with Crippen LogP contribution in [0.2, 0.25) is 0 Å². The van der Waals surface area contributed by atoms with Gasteiger partial charge in [-0.15, -0.1) is 13.2 Å². The first kappa shape index (κ1) is 35.0. The summed E-state index contributed by atoms with van der Waals surface area (Å²) in [4.78, 5) is 37.4. The molecule has 0 spiro atoms. The van der Waals surface area contributed by atoms with Gasteiger partial charge in [-0.1, -0.05) is 30.3 Å². The zero-order chi connectivity index (χ0) is 34.4. The van der Waals surface area contributed by atoms with Crippen molar-refractivity contribution in [1.29, 1.82) is 0 Å². The van der Waals surface area contributed by atoms with E-state index in [2.05, 4.69) is 21.4 Å². The van der Waals surface area contributed by atoms with Gasteiger partial charge in [0.25, 0.3) is 5.91 Å². The van der Waals surface area contributed by atoms with Crippen LogP contribution < -0.4 is 20.3 Å². The molecule has 4 N–H and O–H groups in total. The number of rotatable bonds is 11. The highest BCUT2D eigenvalue weighted by molar-refractivity contribution is 7.90. The number of urea groups is 1. The fraction of sp³-hybridized carbons (Fsp3) is 0.281. The van der Waals surface area contributed by atoms with Crippen LogP contribution in [0.4, 0.5) is 29.3 Å². The number of carboxylic acids is 1. The molecule has 0 radical (unpaired) electrons. The van der Waals surface area contributed by atoms with Crippen molar-refractivity contribution in [3.8, 4) is 5.75 Å². The minimum atomic E-state index is -5.14. The van der Waals surface area contributed by atoms with E-state index in [1.807, 2.05) is 12.1 Å². The van der Waals surface area contributed by atoms with Crippen molar-refractivity contribution in [2.75, 3.05) is 23.0 Å². The smallest absolute Gasteiger partial charge is 0.479 e. The highest BCUT2D eigenvalue weighted by atomic mass is 32.2. The quantitative estimate of drug-likeness (QED) is 0.211. The van der Waals surface area contributed by atoms with Crippen molar-refractivity contribution in [3.63, 3.8) is 0 Å². The van der Waals surface area contributed by atoms with E-state index in [0.717, 1.165) is 49.4 Å². The Kier molecular flexibility index (Phi) is 10.9. The summed E-state index contributed by atoms with van der Waals surface area (Å²) in [6.07, 6.45) is 0.0600. The number of carboxylic acid groups (broad SMARTS) is 1. The molecule has 15 heteroatoms. The van der Waals surface area contributed by atoms with E-state index >= 15 is 0 Å². The molecule has 3 aromatic carbocycles. The number of carbonyl (C=O) groups is 3. The molecule has 1 atom stereocenters. The third-order valence-electron chi connectivity index (χ3n) is 7.20. The first-order valence-electron chi connectivity index (χ1n) is 14.4. The molecule has 0 heterocycles. The number of hydrogen-bond acceptors (Lipinski definition) is 7. The van der Waals surface area contributed by atoms with Gasteiger partial charge in [-0.3, -0.25) is 9.69 Å². The first-order valence-corrected chi connectivity index (χ1v) is 16.3. The molecular formula is C32H32F3N3O8S. The van der Waals surface area contributed by atoms with Gasteiger partial charge in [0.15, 0.2) is 15.9 Å². The Hall–Kier alpha value is -4.89. The maximum Gasteiger partial charge on any atom is 0.573 e. The molecule has 250 valence electrons. The molecule has 47 heavy (non-hydrogen) atoms. The normalized spacial score (nSPS) is 14.0. The monoisotopic (exact) mass is 675 g/mol. The first-order chi connectivity index (χ1) is 22.1. The Labute approximate surface area is 268 Å². The van der Waals surface area contributed by atoms with Gasteiger partial charge in [-0.05, 0) is 84.8 Å². The maximum atomic E-state index is 13.7. The Morgan fingerprint density at radius 2 is 1.68 bits per heavy atom. The zero-order valence-corrected chi connectivity index (χ0v) is 25.9. The van der Waals surface area contributed by atoms with Crippen molar-refractivity contribution in [2.24, 2.45) is 0 Å². The molecule has 0 unspecified atom stereocenters. The van der Waals surface area contributed by atoms with Gasteiger partial charge in [0.05, 0.1) is 13.1 Å². The van der Waals surface area contributed by atoms with E-state index in [-0.39, 0.29) is 17.8 Å². The van der Waals surface area contributed by atoms with Gasteiger partial charge < -0.3 is 25.6 Å². The predicted octanol–water partition coefficient (Wildman–Crippen LogP) is 5.36. The van der Waals surface area contributed by atoms with Crippen LogP contribution in [0.5, 0.6) is 5.75 Å². The number of allylic oxidation sites excluding steroid dienone is 2. The van der Waals surface area contributed by atoms with Crippen molar-refractivity contribution in [2.45, 2.75) is 49.6 Å². The summed E-state index contributed by atoms with van der Waals surface area (Å²) in [6, 6.07) is 15.3. The lowest BCUT2D eigenvalue weighted by Gasteiger charge is -2.24. The molecule has 0 fully saturated rings. The lowest BCUT2D eigenvalue weighted by molar-refractivity contribution is -0.275. The molecule has 11 nitrogen and oxygen atoms in total. The Balaban J connectivity index is 1.60. The van der Waals surface area contributed by atoms with E-state index in [9.17, 15) is 41.1 Å². The molecule has 0 aliphatic heterocycles. The number of aliphatic hydroxyl groups excluding tert-OH is 1. The molecule has 0 saturated carbocycles. The highest BCUT2D eigenvalue weighted by Gasteiger charge is 2.33. The molecule has 4 rings (SSSR count). The Bertz CT molecular complexity index is 1760. The van der Waals surface area contributed by atoms with Gasteiger partial charge in [0.1, 0.15) is 10.6 Å². The Morgan fingerprint density at radius 1 is 1.00 bits per heavy atom. The van der Waals surface area contributed by atoms with Crippen LogP contribution in [0, 0.1) is 0 Å². The molecule has 0 aromatic heterocycles. The van der Waals surface area contributed by atoms with Crippen LogP contribution in [-0.4, -0.2) is 61.8 Å². The number of carbonyl (C=O) groups excluding carboxylic acids is 2. The van der Waals surface area contributed by atoms with E-state index in [4.69, 9.17) is 5.11 Å². The van der Waals surface area contributed by atoms with Gasteiger partial charge in [-0.25, -0.2) is 18.0 Å². The minimum absolute atomic E-state index is 0.0400. The minimum Gasteiger partial charge on any atom is -0.479 e. The second-order valence-electron chi connectivity index (χ2n) is 10.8. The number of aliphatic carboxylic acids is 1. The van der Waals surface area contributed by atoms with E-state index in [1.165, 1.54) is 22.6 Å². The largest absolute Gasteiger partial charge is 0.573 e. The number of nitrogens with one attached hydrogen (secondary N) is 2. The lowest BCUT2D eigenvalue weighted by atomic mass is 9.93. The second kappa shape index (κ2) is 14.7. The van der Waals surface area contributed by atoms with Crippen LogP contribution >= 0.6 is 0 Å². The van der Waals surface area contributed by atoms with Gasteiger partial charge in [0, 0.05) is 23.2 Å². The summed E-state index contributed by atoms with van der Waals surface area (Å²) in [5, 5.41) is 23.0. The molecule has 1 aliphatic rings. The van der Waals surface area contributed by atoms with Crippen LogP contribution in [0.3, 0.4) is 0 Å².